The van der Waals surface area contributed by atoms with Gasteiger partial charge in [0, 0.05) is 30.0 Å². The molecule has 0 radical (unpaired) electrons. The molecule has 0 aliphatic heterocycles. The lowest BCUT2D eigenvalue weighted by atomic mass is 10.2. The molecule has 0 spiro atoms. The van der Waals surface area contributed by atoms with Crippen LogP contribution in [0.4, 0.5) is 0 Å². The summed E-state index contributed by atoms with van der Waals surface area (Å²) in [6.45, 7) is 8.42. The van der Waals surface area contributed by atoms with Crippen LogP contribution < -0.4 is 11.2 Å². The van der Waals surface area contributed by atoms with Crippen molar-refractivity contribution >= 4 is 28.5 Å². The smallest absolute Gasteiger partial charge is 0.310 e. The van der Waals surface area contributed by atoms with Crippen LogP contribution in [-0.4, -0.2) is 23.1 Å². The SMILES string of the molecule is C=CCn1c(C)c(C)n2c3c(=O)n(Cc4cccc(Cl)c4)c(=O)n(C)c3nc12. The van der Waals surface area contributed by atoms with E-state index < -0.39 is 5.69 Å². The molecule has 0 fully saturated rings. The number of halogens is 1. The Hall–Kier alpha value is -3.06. The summed E-state index contributed by atoms with van der Waals surface area (Å²) in [5, 5.41) is 0.558. The summed E-state index contributed by atoms with van der Waals surface area (Å²) in [6.07, 6.45) is 1.78. The zero-order chi connectivity index (χ0) is 20.2. The minimum Gasteiger partial charge on any atom is -0.310 e. The van der Waals surface area contributed by atoms with Crippen molar-refractivity contribution in [2.75, 3.05) is 0 Å². The highest BCUT2D eigenvalue weighted by Crippen LogP contribution is 2.20. The molecule has 3 heterocycles. The largest absolute Gasteiger partial charge is 0.332 e. The van der Waals surface area contributed by atoms with E-state index >= 15 is 0 Å². The lowest BCUT2D eigenvalue weighted by molar-refractivity contribution is 0.656. The Balaban J connectivity index is 2.07. The van der Waals surface area contributed by atoms with Crippen LogP contribution in [-0.2, 0) is 20.1 Å². The summed E-state index contributed by atoms with van der Waals surface area (Å²) in [5.41, 5.74) is 2.66. The average Bonchev–Trinajstić information content (AvgIpc) is 3.16. The third kappa shape index (κ3) is 2.54. The Morgan fingerprint density at radius 2 is 1.93 bits per heavy atom. The van der Waals surface area contributed by atoms with E-state index in [1.54, 1.807) is 31.3 Å². The predicted octanol–water partition coefficient (Wildman–Crippen LogP) is 2.65. The number of allylic oxidation sites excluding steroid dienone is 1. The number of hydrogen-bond acceptors (Lipinski definition) is 3. The van der Waals surface area contributed by atoms with Gasteiger partial charge in [-0.1, -0.05) is 29.8 Å². The van der Waals surface area contributed by atoms with Gasteiger partial charge in [-0.15, -0.1) is 6.58 Å². The summed E-state index contributed by atoms with van der Waals surface area (Å²) in [4.78, 5) is 30.8. The molecule has 7 nitrogen and oxygen atoms in total. The maximum Gasteiger partial charge on any atom is 0.332 e. The molecule has 0 saturated heterocycles. The van der Waals surface area contributed by atoms with E-state index in [1.807, 2.05) is 28.9 Å². The second kappa shape index (κ2) is 6.53. The Kier molecular flexibility index (Phi) is 4.27. The Morgan fingerprint density at radius 3 is 2.61 bits per heavy atom. The molecule has 0 N–H and O–H groups in total. The van der Waals surface area contributed by atoms with Crippen molar-refractivity contribution in [3.05, 3.63) is 79.7 Å². The molecule has 28 heavy (non-hydrogen) atoms. The van der Waals surface area contributed by atoms with E-state index in [-0.39, 0.29) is 12.1 Å². The van der Waals surface area contributed by atoms with Crippen LogP contribution in [0.3, 0.4) is 0 Å². The quantitative estimate of drug-likeness (QED) is 0.497. The minimum absolute atomic E-state index is 0.140. The van der Waals surface area contributed by atoms with Crippen molar-refractivity contribution < 1.29 is 0 Å². The normalized spacial score (nSPS) is 11.6. The molecular formula is C20H20ClN5O2. The Morgan fingerprint density at radius 1 is 1.18 bits per heavy atom. The Labute approximate surface area is 165 Å². The number of hydrogen-bond donors (Lipinski definition) is 0. The van der Waals surface area contributed by atoms with Gasteiger partial charge in [0.25, 0.3) is 5.56 Å². The highest BCUT2D eigenvalue weighted by atomic mass is 35.5. The van der Waals surface area contributed by atoms with Crippen molar-refractivity contribution in [1.29, 1.82) is 0 Å². The van der Waals surface area contributed by atoms with Crippen molar-refractivity contribution in [2.24, 2.45) is 7.05 Å². The molecule has 0 amide bonds. The summed E-state index contributed by atoms with van der Waals surface area (Å²) in [7, 11) is 1.63. The van der Waals surface area contributed by atoms with Crippen molar-refractivity contribution in [1.82, 2.24) is 23.1 Å². The van der Waals surface area contributed by atoms with Gasteiger partial charge in [-0.3, -0.25) is 18.3 Å². The van der Waals surface area contributed by atoms with E-state index in [1.165, 1.54) is 9.13 Å². The number of fused-ring (bicyclic) bond motifs is 3. The molecule has 1 aromatic carbocycles. The standard InChI is InChI=1S/C20H20ClN5O2/c1-5-9-24-12(2)13(3)26-16-17(22-19(24)26)23(4)20(28)25(18(16)27)11-14-7-6-8-15(21)10-14/h5-8,10H,1,9,11H2,2-4H3. The van der Waals surface area contributed by atoms with E-state index in [0.29, 0.717) is 28.5 Å². The van der Waals surface area contributed by atoms with Crippen LogP contribution in [0.2, 0.25) is 5.02 Å². The maximum absolute atomic E-state index is 13.3. The highest BCUT2D eigenvalue weighted by molar-refractivity contribution is 6.30. The third-order valence-corrected chi connectivity index (χ3v) is 5.41. The minimum atomic E-state index is -0.414. The molecule has 4 rings (SSSR count). The van der Waals surface area contributed by atoms with E-state index in [9.17, 15) is 9.59 Å². The van der Waals surface area contributed by atoms with Gasteiger partial charge in [0.15, 0.2) is 11.2 Å². The van der Waals surface area contributed by atoms with Crippen molar-refractivity contribution in [3.63, 3.8) is 0 Å². The van der Waals surface area contributed by atoms with Crippen LogP contribution in [0, 0.1) is 13.8 Å². The van der Waals surface area contributed by atoms with Crippen LogP contribution in [0.25, 0.3) is 16.9 Å². The molecule has 0 aliphatic carbocycles. The maximum atomic E-state index is 13.3. The summed E-state index contributed by atoms with van der Waals surface area (Å²) >= 11 is 6.05. The van der Waals surface area contributed by atoms with E-state index in [0.717, 1.165) is 17.0 Å². The van der Waals surface area contributed by atoms with Gasteiger partial charge in [0.2, 0.25) is 5.78 Å². The van der Waals surface area contributed by atoms with Crippen LogP contribution >= 0.6 is 11.6 Å². The van der Waals surface area contributed by atoms with Crippen molar-refractivity contribution in [2.45, 2.75) is 26.9 Å². The monoisotopic (exact) mass is 397 g/mol. The fourth-order valence-corrected chi connectivity index (χ4v) is 3.83. The summed E-state index contributed by atoms with van der Waals surface area (Å²) < 4.78 is 6.45. The molecule has 0 aliphatic rings. The number of aromatic nitrogens is 5. The van der Waals surface area contributed by atoms with Crippen LogP contribution in [0.15, 0.2) is 46.5 Å². The number of rotatable bonds is 4. The fourth-order valence-electron chi connectivity index (χ4n) is 3.62. The van der Waals surface area contributed by atoms with Gasteiger partial charge in [-0.25, -0.2) is 4.79 Å². The third-order valence-electron chi connectivity index (χ3n) is 5.17. The first-order chi connectivity index (χ1) is 13.3. The Bertz CT molecular complexity index is 1370. The van der Waals surface area contributed by atoms with Crippen LogP contribution in [0.5, 0.6) is 0 Å². The highest BCUT2D eigenvalue weighted by Gasteiger charge is 2.22. The lowest BCUT2D eigenvalue weighted by Gasteiger charge is -2.09. The topological polar surface area (TPSA) is 66.2 Å². The van der Waals surface area contributed by atoms with Crippen molar-refractivity contribution in [3.8, 4) is 0 Å². The fraction of sp³-hybridized carbons (Fsp3) is 0.250. The number of aryl methyl sites for hydroxylation is 2. The van der Waals surface area contributed by atoms with Gasteiger partial charge in [-0.05, 0) is 31.5 Å². The summed E-state index contributed by atoms with van der Waals surface area (Å²) in [5.74, 6) is 0.623. The van der Waals surface area contributed by atoms with Crippen LogP contribution in [0.1, 0.15) is 17.0 Å². The molecule has 0 saturated carbocycles. The van der Waals surface area contributed by atoms with Gasteiger partial charge in [-0.2, -0.15) is 4.98 Å². The first-order valence-corrected chi connectivity index (χ1v) is 9.26. The van der Waals surface area contributed by atoms with Gasteiger partial charge in [0.1, 0.15) is 0 Å². The molecule has 144 valence electrons. The van der Waals surface area contributed by atoms with Gasteiger partial charge < -0.3 is 4.57 Å². The first kappa shape index (κ1) is 18.3. The average molecular weight is 398 g/mol. The molecular weight excluding hydrogens is 378 g/mol. The molecule has 0 atom stereocenters. The number of imidazole rings is 2. The first-order valence-electron chi connectivity index (χ1n) is 8.88. The zero-order valence-electron chi connectivity index (χ0n) is 15.9. The second-order valence-electron chi connectivity index (χ2n) is 6.85. The molecule has 3 aromatic heterocycles. The molecule has 4 aromatic rings. The molecule has 8 heteroatoms. The summed E-state index contributed by atoms with van der Waals surface area (Å²) in [6, 6.07) is 7.14. The van der Waals surface area contributed by atoms with E-state index in [2.05, 4.69) is 11.6 Å². The molecule has 0 bridgehead atoms. The second-order valence-corrected chi connectivity index (χ2v) is 7.29. The predicted molar refractivity (Wildman–Crippen MR) is 110 cm³/mol. The van der Waals surface area contributed by atoms with Gasteiger partial charge in [0.05, 0.1) is 6.54 Å². The molecule has 0 unspecified atom stereocenters. The zero-order valence-corrected chi connectivity index (χ0v) is 16.7. The lowest BCUT2D eigenvalue weighted by Crippen LogP contribution is -2.39. The van der Waals surface area contributed by atoms with Gasteiger partial charge >= 0.3 is 5.69 Å². The van der Waals surface area contributed by atoms with E-state index in [4.69, 9.17) is 11.6 Å². The number of benzene rings is 1. The number of nitrogens with zero attached hydrogens (tertiary/aromatic N) is 5.